The lowest BCUT2D eigenvalue weighted by atomic mass is 9.77. The molecule has 4 rings (SSSR count). The fourth-order valence-electron chi connectivity index (χ4n) is 5.59. The molecule has 0 amide bonds. The van der Waals surface area contributed by atoms with E-state index in [0.717, 1.165) is 30.8 Å². The Bertz CT molecular complexity index is 968. The number of benzene rings is 2. The monoisotopic (exact) mass is 454 g/mol. The lowest BCUT2D eigenvalue weighted by molar-refractivity contribution is 0.0257. The average Bonchev–Trinajstić information content (AvgIpc) is 3.13. The standard InChI is InChI=1S/C29H40F2N2/c1-27(2,3)23-14-13-22(19-26(23)32-16-9-6-10-17-32)20-28(4,5)24-11-7-8-12-25(24)33-18-15-29(30,31)21-33/h7-8,11-14,19H,6,9-10,15-18,20-21H2,1-5H3. The minimum absolute atomic E-state index is 0.0603. The van der Waals surface area contributed by atoms with Gasteiger partial charge in [-0.3, -0.25) is 0 Å². The molecule has 2 aromatic rings. The van der Waals surface area contributed by atoms with Crippen LogP contribution in [-0.2, 0) is 17.3 Å². The van der Waals surface area contributed by atoms with E-state index < -0.39 is 5.92 Å². The van der Waals surface area contributed by atoms with Crippen LogP contribution in [0.1, 0.15) is 77.0 Å². The second-order valence-electron chi connectivity index (χ2n) is 11.8. The zero-order chi connectivity index (χ0) is 23.9. The van der Waals surface area contributed by atoms with E-state index in [4.69, 9.17) is 0 Å². The smallest absolute Gasteiger partial charge is 0.266 e. The summed E-state index contributed by atoms with van der Waals surface area (Å²) in [7, 11) is 0. The number of hydrogen-bond donors (Lipinski definition) is 0. The zero-order valence-corrected chi connectivity index (χ0v) is 21.1. The van der Waals surface area contributed by atoms with Gasteiger partial charge in [0, 0.05) is 37.4 Å². The van der Waals surface area contributed by atoms with E-state index in [1.54, 1.807) is 0 Å². The van der Waals surface area contributed by atoms with Crippen molar-refractivity contribution in [3.63, 3.8) is 0 Å². The molecule has 2 aromatic carbocycles. The van der Waals surface area contributed by atoms with Gasteiger partial charge in [-0.2, -0.15) is 0 Å². The Morgan fingerprint density at radius 3 is 2.12 bits per heavy atom. The Morgan fingerprint density at radius 1 is 0.788 bits per heavy atom. The summed E-state index contributed by atoms with van der Waals surface area (Å²) in [6, 6.07) is 15.2. The molecular formula is C29H40F2N2. The average molecular weight is 455 g/mol. The minimum Gasteiger partial charge on any atom is -0.371 e. The number of alkyl halides is 2. The molecule has 0 atom stereocenters. The van der Waals surface area contributed by atoms with E-state index in [2.05, 4.69) is 63.8 Å². The molecule has 0 radical (unpaired) electrons. The van der Waals surface area contributed by atoms with Crippen molar-refractivity contribution in [1.29, 1.82) is 0 Å². The summed E-state index contributed by atoms with van der Waals surface area (Å²) in [4.78, 5) is 4.44. The third kappa shape index (κ3) is 5.36. The minimum atomic E-state index is -2.59. The molecular weight excluding hydrogens is 414 g/mol. The van der Waals surface area contributed by atoms with Gasteiger partial charge in [-0.25, -0.2) is 8.78 Å². The summed E-state index contributed by atoms with van der Waals surface area (Å²) >= 11 is 0. The van der Waals surface area contributed by atoms with Gasteiger partial charge in [-0.1, -0.05) is 65.0 Å². The van der Waals surface area contributed by atoms with E-state index in [9.17, 15) is 8.78 Å². The fourth-order valence-corrected chi connectivity index (χ4v) is 5.59. The third-order valence-electron chi connectivity index (χ3n) is 7.36. The van der Waals surface area contributed by atoms with Gasteiger partial charge in [0.05, 0.1) is 6.54 Å². The molecule has 0 aliphatic carbocycles. The van der Waals surface area contributed by atoms with Gasteiger partial charge in [-0.15, -0.1) is 0 Å². The Kier molecular flexibility index (Phi) is 6.50. The van der Waals surface area contributed by atoms with Crippen LogP contribution in [0.4, 0.5) is 20.2 Å². The first-order valence-electron chi connectivity index (χ1n) is 12.6. The van der Waals surface area contributed by atoms with Crippen molar-refractivity contribution in [2.24, 2.45) is 0 Å². The summed E-state index contributed by atoms with van der Waals surface area (Å²) in [5.74, 6) is -2.59. The van der Waals surface area contributed by atoms with Crippen LogP contribution in [0.15, 0.2) is 42.5 Å². The fraction of sp³-hybridized carbons (Fsp3) is 0.586. The van der Waals surface area contributed by atoms with E-state index in [1.165, 1.54) is 36.1 Å². The molecule has 0 aromatic heterocycles. The van der Waals surface area contributed by atoms with Crippen LogP contribution in [0.2, 0.25) is 0 Å². The summed E-state index contributed by atoms with van der Waals surface area (Å²) < 4.78 is 27.9. The normalized spacial score (nSPS) is 19.2. The van der Waals surface area contributed by atoms with Crippen molar-refractivity contribution in [3.8, 4) is 0 Å². The molecule has 0 bridgehead atoms. The number of hydrogen-bond acceptors (Lipinski definition) is 2. The predicted octanol–water partition coefficient (Wildman–Crippen LogP) is 7.34. The number of halogens is 2. The number of para-hydroxylation sites is 1. The van der Waals surface area contributed by atoms with E-state index >= 15 is 0 Å². The van der Waals surface area contributed by atoms with Crippen LogP contribution in [0, 0.1) is 0 Å². The predicted molar refractivity (Wildman–Crippen MR) is 136 cm³/mol. The maximum Gasteiger partial charge on any atom is 0.266 e. The highest BCUT2D eigenvalue weighted by Crippen LogP contribution is 2.40. The highest BCUT2D eigenvalue weighted by Gasteiger charge is 2.40. The highest BCUT2D eigenvalue weighted by molar-refractivity contribution is 5.60. The first-order valence-corrected chi connectivity index (χ1v) is 12.6. The molecule has 2 fully saturated rings. The molecule has 2 heterocycles. The van der Waals surface area contributed by atoms with Gasteiger partial charge in [0.15, 0.2) is 0 Å². The molecule has 0 unspecified atom stereocenters. The van der Waals surface area contributed by atoms with E-state index in [-0.39, 0.29) is 23.8 Å². The van der Waals surface area contributed by atoms with Crippen LogP contribution in [-0.4, -0.2) is 32.1 Å². The molecule has 0 saturated carbocycles. The first-order chi connectivity index (χ1) is 15.5. The molecule has 2 aliphatic heterocycles. The van der Waals surface area contributed by atoms with Gasteiger partial charge >= 0.3 is 0 Å². The van der Waals surface area contributed by atoms with Crippen molar-refractivity contribution in [1.82, 2.24) is 0 Å². The second-order valence-corrected chi connectivity index (χ2v) is 11.8. The maximum absolute atomic E-state index is 14.0. The first kappa shape index (κ1) is 24.0. The maximum atomic E-state index is 14.0. The molecule has 0 spiro atoms. The number of piperidine rings is 1. The summed E-state index contributed by atoms with van der Waals surface area (Å²) in [6.45, 7) is 13.9. The molecule has 2 aliphatic rings. The van der Waals surface area contributed by atoms with Crippen LogP contribution >= 0.6 is 0 Å². The Labute approximate surface area is 199 Å². The number of nitrogens with zero attached hydrogens (tertiary/aromatic N) is 2. The highest BCUT2D eigenvalue weighted by atomic mass is 19.3. The Hall–Kier alpha value is -2.10. The molecule has 2 saturated heterocycles. The third-order valence-corrected chi connectivity index (χ3v) is 7.36. The van der Waals surface area contributed by atoms with Gasteiger partial charge in [0.2, 0.25) is 0 Å². The topological polar surface area (TPSA) is 6.48 Å². The van der Waals surface area contributed by atoms with Crippen molar-refractivity contribution in [3.05, 3.63) is 59.2 Å². The quantitative estimate of drug-likeness (QED) is 0.466. The molecule has 0 N–H and O–H groups in total. The molecule has 4 heteroatoms. The van der Waals surface area contributed by atoms with Crippen LogP contribution in [0.5, 0.6) is 0 Å². The Morgan fingerprint density at radius 2 is 1.48 bits per heavy atom. The van der Waals surface area contributed by atoms with Crippen molar-refractivity contribution in [2.45, 2.75) is 83.5 Å². The number of anilines is 2. The largest absolute Gasteiger partial charge is 0.371 e. The van der Waals surface area contributed by atoms with Crippen LogP contribution in [0.3, 0.4) is 0 Å². The van der Waals surface area contributed by atoms with Crippen molar-refractivity contribution >= 4 is 11.4 Å². The molecule has 2 nitrogen and oxygen atoms in total. The van der Waals surface area contributed by atoms with Gasteiger partial charge in [0.1, 0.15) is 0 Å². The second kappa shape index (κ2) is 8.92. The van der Waals surface area contributed by atoms with Gasteiger partial charge in [0.25, 0.3) is 5.92 Å². The van der Waals surface area contributed by atoms with Crippen molar-refractivity contribution in [2.75, 3.05) is 36.0 Å². The number of rotatable bonds is 5. The van der Waals surface area contributed by atoms with E-state index in [0.29, 0.717) is 6.54 Å². The van der Waals surface area contributed by atoms with Gasteiger partial charge < -0.3 is 9.80 Å². The zero-order valence-electron chi connectivity index (χ0n) is 21.1. The SMILES string of the molecule is CC(C)(C)c1ccc(CC(C)(C)c2ccccc2N2CCC(F)(F)C2)cc1N1CCCCC1. The summed E-state index contributed by atoms with van der Waals surface area (Å²) in [5, 5.41) is 0. The van der Waals surface area contributed by atoms with E-state index in [1.807, 2.05) is 23.1 Å². The van der Waals surface area contributed by atoms with Crippen LogP contribution < -0.4 is 9.80 Å². The van der Waals surface area contributed by atoms with Crippen LogP contribution in [0.25, 0.3) is 0 Å². The summed E-state index contributed by atoms with van der Waals surface area (Å²) in [5.41, 5.74) is 6.14. The lowest BCUT2D eigenvalue weighted by Gasteiger charge is -2.35. The molecule has 33 heavy (non-hydrogen) atoms. The summed E-state index contributed by atoms with van der Waals surface area (Å²) in [6.07, 6.45) is 4.65. The molecule has 180 valence electrons. The van der Waals surface area contributed by atoms with Gasteiger partial charge in [-0.05, 0) is 65.3 Å². The Balaban J connectivity index is 1.65. The van der Waals surface area contributed by atoms with Crippen molar-refractivity contribution < 1.29 is 8.78 Å². The lowest BCUT2D eigenvalue weighted by Crippen LogP contribution is -2.32.